The monoisotopic (exact) mass is 481 g/mol. The molecule has 1 N–H and O–H groups in total. The topological polar surface area (TPSA) is 86.8 Å². The van der Waals surface area contributed by atoms with Gasteiger partial charge in [0.2, 0.25) is 21.8 Å². The number of halogens is 1. The molecule has 0 radical (unpaired) electrons. The van der Waals surface area contributed by atoms with Crippen LogP contribution in [-0.2, 0) is 19.6 Å². The van der Waals surface area contributed by atoms with Crippen molar-refractivity contribution in [2.45, 2.75) is 83.7 Å². The molecular formula is C24H36FN3O4S. The molecule has 2 fully saturated rings. The Hall–Kier alpha value is -2.00. The molecule has 0 bridgehead atoms. The third kappa shape index (κ3) is 5.74. The molecule has 1 aromatic carbocycles. The zero-order valence-corrected chi connectivity index (χ0v) is 20.7. The molecule has 0 spiro atoms. The van der Waals surface area contributed by atoms with Crippen molar-refractivity contribution in [1.29, 1.82) is 0 Å². The number of nitrogens with zero attached hydrogens (tertiary/aromatic N) is 2. The number of hydrogen-bond donors (Lipinski definition) is 1. The Bertz CT molecular complexity index is 976. The number of rotatable bonds is 6. The minimum Gasteiger partial charge on any atom is -0.351 e. The van der Waals surface area contributed by atoms with Crippen LogP contribution in [0.15, 0.2) is 18.2 Å². The summed E-state index contributed by atoms with van der Waals surface area (Å²) in [4.78, 5) is 28.4. The first kappa shape index (κ1) is 25.6. The Labute approximate surface area is 196 Å². The van der Waals surface area contributed by atoms with Crippen molar-refractivity contribution in [3.8, 4) is 0 Å². The molecule has 2 aliphatic rings. The van der Waals surface area contributed by atoms with E-state index in [1.54, 1.807) is 20.8 Å². The maximum atomic E-state index is 13.8. The first-order valence-corrected chi connectivity index (χ1v) is 13.6. The molecule has 1 saturated heterocycles. The SMILES string of the molecule is CCCS(=O)(=O)N1CC(=O)N(c2ccc(F)cc2C)[C@@](C)(C(=O)NC2CCCCCCC2)C1. The first-order chi connectivity index (χ1) is 15.6. The van der Waals surface area contributed by atoms with Crippen LogP contribution in [0, 0.1) is 12.7 Å². The number of carbonyl (C=O) groups excluding carboxylic acids is 2. The lowest BCUT2D eigenvalue weighted by Gasteiger charge is -2.47. The molecule has 7 nitrogen and oxygen atoms in total. The summed E-state index contributed by atoms with van der Waals surface area (Å²) in [6.45, 7) is 4.57. The van der Waals surface area contributed by atoms with Gasteiger partial charge in [-0.25, -0.2) is 12.8 Å². The summed E-state index contributed by atoms with van der Waals surface area (Å²) in [6, 6.07) is 4.04. The van der Waals surface area contributed by atoms with Crippen molar-refractivity contribution in [2.24, 2.45) is 0 Å². The summed E-state index contributed by atoms with van der Waals surface area (Å²) in [7, 11) is -3.69. The third-order valence-corrected chi connectivity index (χ3v) is 8.69. The van der Waals surface area contributed by atoms with E-state index < -0.39 is 27.3 Å². The smallest absolute Gasteiger partial charge is 0.247 e. The van der Waals surface area contributed by atoms with Crippen LogP contribution in [0.3, 0.4) is 0 Å². The molecule has 1 aliphatic heterocycles. The van der Waals surface area contributed by atoms with Crippen LogP contribution in [0.25, 0.3) is 0 Å². The Morgan fingerprint density at radius 1 is 1.18 bits per heavy atom. The van der Waals surface area contributed by atoms with E-state index in [1.807, 2.05) is 0 Å². The van der Waals surface area contributed by atoms with Gasteiger partial charge in [-0.05, 0) is 56.9 Å². The number of hydrogen-bond acceptors (Lipinski definition) is 4. The number of carbonyl (C=O) groups is 2. The largest absolute Gasteiger partial charge is 0.351 e. The van der Waals surface area contributed by atoms with E-state index in [2.05, 4.69) is 5.32 Å². The van der Waals surface area contributed by atoms with Crippen molar-refractivity contribution < 1.29 is 22.4 Å². The second-order valence-corrected chi connectivity index (χ2v) is 11.6. The molecule has 0 aromatic heterocycles. The maximum Gasteiger partial charge on any atom is 0.247 e. The fourth-order valence-electron chi connectivity index (χ4n) is 4.94. The minimum atomic E-state index is -3.69. The van der Waals surface area contributed by atoms with Crippen molar-refractivity contribution in [3.63, 3.8) is 0 Å². The third-order valence-electron chi connectivity index (χ3n) is 6.72. The summed E-state index contributed by atoms with van der Waals surface area (Å²) in [5.41, 5.74) is -0.524. The summed E-state index contributed by atoms with van der Waals surface area (Å²) >= 11 is 0. The van der Waals surface area contributed by atoms with E-state index in [4.69, 9.17) is 0 Å². The molecule has 2 amide bonds. The molecule has 0 unspecified atom stereocenters. The van der Waals surface area contributed by atoms with E-state index in [0.29, 0.717) is 17.7 Å². The lowest BCUT2D eigenvalue weighted by molar-refractivity contribution is -0.133. The van der Waals surface area contributed by atoms with Crippen LogP contribution in [0.5, 0.6) is 0 Å². The maximum absolute atomic E-state index is 13.8. The average Bonchev–Trinajstić information content (AvgIpc) is 2.70. The minimum absolute atomic E-state index is 0.0106. The van der Waals surface area contributed by atoms with Crippen LogP contribution in [0.4, 0.5) is 10.1 Å². The summed E-state index contributed by atoms with van der Waals surface area (Å²) < 4.78 is 40.6. The number of nitrogens with one attached hydrogen (secondary N) is 1. The lowest BCUT2D eigenvalue weighted by Crippen LogP contribution is -2.71. The van der Waals surface area contributed by atoms with Gasteiger partial charge in [0.05, 0.1) is 12.3 Å². The zero-order valence-electron chi connectivity index (χ0n) is 19.9. The van der Waals surface area contributed by atoms with Crippen LogP contribution in [-0.4, -0.2) is 55.0 Å². The van der Waals surface area contributed by atoms with Crippen molar-refractivity contribution in [2.75, 3.05) is 23.7 Å². The van der Waals surface area contributed by atoms with E-state index in [-0.39, 0.29) is 30.8 Å². The van der Waals surface area contributed by atoms with Gasteiger partial charge in [-0.1, -0.05) is 39.0 Å². The molecule has 1 atom stereocenters. The summed E-state index contributed by atoms with van der Waals surface area (Å²) in [6.07, 6.45) is 7.66. The van der Waals surface area contributed by atoms with Gasteiger partial charge in [0.1, 0.15) is 11.4 Å². The highest BCUT2D eigenvalue weighted by Gasteiger charge is 2.51. The summed E-state index contributed by atoms with van der Waals surface area (Å²) in [5, 5.41) is 3.12. The Morgan fingerprint density at radius 3 is 2.42 bits per heavy atom. The first-order valence-electron chi connectivity index (χ1n) is 12.0. The van der Waals surface area contributed by atoms with Gasteiger partial charge in [0.25, 0.3) is 0 Å². The molecular weight excluding hydrogens is 445 g/mol. The molecule has 1 aliphatic carbocycles. The van der Waals surface area contributed by atoms with Crippen molar-refractivity contribution >= 4 is 27.5 Å². The molecule has 1 aromatic rings. The van der Waals surface area contributed by atoms with Gasteiger partial charge in [0, 0.05) is 18.3 Å². The molecule has 33 heavy (non-hydrogen) atoms. The van der Waals surface area contributed by atoms with E-state index in [1.165, 1.54) is 29.5 Å². The zero-order chi connectivity index (χ0) is 24.2. The van der Waals surface area contributed by atoms with Crippen LogP contribution < -0.4 is 10.2 Å². The van der Waals surface area contributed by atoms with Crippen molar-refractivity contribution in [1.82, 2.24) is 9.62 Å². The second-order valence-electron chi connectivity index (χ2n) is 9.53. The number of anilines is 1. The van der Waals surface area contributed by atoms with Gasteiger partial charge in [-0.15, -0.1) is 0 Å². The van der Waals surface area contributed by atoms with Crippen LogP contribution in [0.2, 0.25) is 0 Å². The Kier molecular flexibility index (Phi) is 8.16. The van der Waals surface area contributed by atoms with E-state index in [0.717, 1.165) is 42.8 Å². The van der Waals surface area contributed by atoms with Crippen LogP contribution >= 0.6 is 0 Å². The lowest BCUT2D eigenvalue weighted by atomic mass is 9.91. The highest BCUT2D eigenvalue weighted by molar-refractivity contribution is 7.89. The van der Waals surface area contributed by atoms with Crippen molar-refractivity contribution in [3.05, 3.63) is 29.6 Å². The summed E-state index contributed by atoms with van der Waals surface area (Å²) in [5.74, 6) is -1.39. The number of amides is 2. The predicted octanol–water partition coefficient (Wildman–Crippen LogP) is 3.51. The fraction of sp³-hybridized carbons (Fsp3) is 0.667. The number of piperazine rings is 1. The Morgan fingerprint density at radius 2 is 1.82 bits per heavy atom. The fourth-order valence-corrected chi connectivity index (χ4v) is 6.46. The highest BCUT2D eigenvalue weighted by atomic mass is 32.2. The van der Waals surface area contributed by atoms with E-state index >= 15 is 0 Å². The Balaban J connectivity index is 1.98. The van der Waals surface area contributed by atoms with Gasteiger partial charge in [0.15, 0.2) is 0 Å². The van der Waals surface area contributed by atoms with Gasteiger partial charge < -0.3 is 5.32 Å². The van der Waals surface area contributed by atoms with Crippen LogP contribution in [0.1, 0.15) is 70.8 Å². The predicted molar refractivity (Wildman–Crippen MR) is 127 cm³/mol. The number of aryl methyl sites for hydroxylation is 1. The second kappa shape index (κ2) is 10.5. The van der Waals surface area contributed by atoms with E-state index in [9.17, 15) is 22.4 Å². The van der Waals surface area contributed by atoms with Gasteiger partial charge in [-0.3, -0.25) is 14.5 Å². The molecule has 3 rings (SSSR count). The average molecular weight is 482 g/mol. The molecule has 9 heteroatoms. The van der Waals surface area contributed by atoms with Gasteiger partial charge in [-0.2, -0.15) is 4.31 Å². The molecule has 1 saturated carbocycles. The standard InChI is InChI=1S/C24H36FN3O4S/c1-4-14-33(31,32)27-16-22(29)28(21-13-12-19(25)15-18(21)2)24(3,17-27)23(30)26-20-10-8-6-5-7-9-11-20/h12-13,15,20H,4-11,14,16-17H2,1-3H3,(H,26,30)/t24-/m1/s1. The normalized spacial score (nSPS) is 23.8. The quantitative estimate of drug-likeness (QED) is 0.674. The highest BCUT2D eigenvalue weighted by Crippen LogP contribution is 2.33. The van der Waals surface area contributed by atoms with Gasteiger partial charge >= 0.3 is 0 Å². The molecule has 1 heterocycles. The number of sulfonamides is 1. The number of benzene rings is 1. The molecule has 184 valence electrons.